The number of anilines is 2. The zero-order valence-electron chi connectivity index (χ0n) is 26.1. The zero-order chi connectivity index (χ0) is 34.6. The van der Waals surface area contributed by atoms with Gasteiger partial charge in [-0.05, 0) is 43.5 Å². The van der Waals surface area contributed by atoms with E-state index in [1.807, 2.05) is 11.0 Å². The van der Waals surface area contributed by atoms with Gasteiger partial charge in [-0.15, -0.1) is 11.3 Å². The van der Waals surface area contributed by atoms with Gasteiger partial charge in [0.15, 0.2) is 5.82 Å². The van der Waals surface area contributed by atoms with Crippen LogP contribution in [0, 0.1) is 23.0 Å². The van der Waals surface area contributed by atoms with E-state index >= 15 is 4.39 Å². The van der Waals surface area contributed by atoms with Crippen LogP contribution >= 0.6 is 11.3 Å². The van der Waals surface area contributed by atoms with E-state index in [-0.39, 0.29) is 87.5 Å². The Morgan fingerprint density at radius 2 is 2.00 bits per heavy atom. The highest BCUT2D eigenvalue weighted by Crippen LogP contribution is 2.49. The number of aromatic nitrogens is 2. The minimum atomic E-state index is -5.10. The van der Waals surface area contributed by atoms with Gasteiger partial charge in [-0.2, -0.15) is 28.4 Å². The summed E-state index contributed by atoms with van der Waals surface area (Å²) in [6.45, 7) is 3.10. The summed E-state index contributed by atoms with van der Waals surface area (Å²) in [7, 11) is 0. The lowest BCUT2D eigenvalue weighted by atomic mass is 9.91. The molecule has 16 heteroatoms. The minimum Gasteiger partial charge on any atom is -0.461 e. The van der Waals surface area contributed by atoms with Crippen LogP contribution in [0.2, 0.25) is 0 Å². The number of amides is 1. The van der Waals surface area contributed by atoms with Crippen molar-refractivity contribution in [3.8, 4) is 23.2 Å². The number of carbonyl (C=O) groups is 1. The number of benzene rings is 2. The first-order chi connectivity index (χ1) is 23.3. The van der Waals surface area contributed by atoms with Crippen LogP contribution in [0.15, 0.2) is 18.2 Å². The Labute approximate surface area is 279 Å². The third kappa shape index (κ3) is 4.79. The lowest BCUT2D eigenvalue weighted by Gasteiger charge is -2.47. The molecule has 4 saturated heterocycles. The highest BCUT2D eigenvalue weighted by atomic mass is 32.1. The van der Waals surface area contributed by atoms with Gasteiger partial charge in [-0.3, -0.25) is 9.69 Å². The van der Waals surface area contributed by atoms with E-state index in [1.54, 1.807) is 9.80 Å². The van der Waals surface area contributed by atoms with Crippen molar-refractivity contribution < 1.29 is 35.9 Å². The molecule has 0 saturated carbocycles. The van der Waals surface area contributed by atoms with Crippen molar-refractivity contribution in [2.75, 3.05) is 43.4 Å². The van der Waals surface area contributed by atoms with E-state index < -0.39 is 46.2 Å². The third-order valence-electron chi connectivity index (χ3n) is 10.6. The number of thiophene rings is 1. The normalized spacial score (nSPS) is 25.1. The standard InChI is InChI=1S/C33H29F6N7O2S/c1-15(47)45-8-5-22-23(45)13-46(22)30-18-9-20(33(37,38)39)25(17-3-4-21(35)28-24(17)19(11-40)29(41)49-28)26(36)27(18)42-31(43-30)48-14-32-6-2-7-44(32)12-16(34)10-32/h3-4,9,16,22-23H,2,5-8,10,12-14,41H2,1H3/t16-,22?,23-,32+/m1/s1. The van der Waals surface area contributed by atoms with E-state index in [1.165, 1.54) is 6.92 Å². The minimum absolute atomic E-state index is 0.00403. The highest BCUT2D eigenvalue weighted by Gasteiger charge is 2.51. The molecule has 4 atom stereocenters. The van der Waals surface area contributed by atoms with E-state index in [9.17, 15) is 32.0 Å². The second-order valence-corrected chi connectivity index (χ2v) is 14.3. The maximum atomic E-state index is 17.0. The van der Waals surface area contributed by atoms with Crippen molar-refractivity contribution in [1.29, 1.82) is 5.26 Å². The van der Waals surface area contributed by atoms with Gasteiger partial charge in [0, 0.05) is 49.3 Å². The van der Waals surface area contributed by atoms with Gasteiger partial charge in [-0.25, -0.2) is 13.2 Å². The molecular formula is C33H29F6N7O2S. The van der Waals surface area contributed by atoms with Gasteiger partial charge >= 0.3 is 12.2 Å². The summed E-state index contributed by atoms with van der Waals surface area (Å²) >= 11 is 0.683. The maximum Gasteiger partial charge on any atom is 0.417 e. The summed E-state index contributed by atoms with van der Waals surface area (Å²) in [6, 6.07) is 3.75. The molecule has 49 heavy (non-hydrogen) atoms. The van der Waals surface area contributed by atoms with E-state index in [0.717, 1.165) is 24.6 Å². The summed E-state index contributed by atoms with van der Waals surface area (Å²) in [5.74, 6) is -2.30. The van der Waals surface area contributed by atoms with E-state index in [4.69, 9.17) is 10.5 Å². The number of hydrogen-bond acceptors (Lipinski definition) is 9. The first-order valence-electron chi connectivity index (χ1n) is 15.9. The van der Waals surface area contributed by atoms with Crippen LogP contribution in [-0.4, -0.2) is 82.3 Å². The Morgan fingerprint density at radius 3 is 2.73 bits per heavy atom. The molecule has 4 aromatic rings. The molecule has 1 amide bonds. The van der Waals surface area contributed by atoms with Crippen LogP contribution in [0.1, 0.15) is 43.7 Å². The number of nitrogens with two attached hydrogens (primary N) is 1. The van der Waals surface area contributed by atoms with Gasteiger partial charge < -0.3 is 20.3 Å². The van der Waals surface area contributed by atoms with Gasteiger partial charge in [0.25, 0.3) is 0 Å². The van der Waals surface area contributed by atoms with Gasteiger partial charge in [0.05, 0.1) is 33.4 Å². The lowest BCUT2D eigenvalue weighted by Crippen LogP contribution is -2.63. The van der Waals surface area contributed by atoms with Crippen LogP contribution in [0.5, 0.6) is 6.01 Å². The van der Waals surface area contributed by atoms with Crippen molar-refractivity contribution in [2.45, 2.75) is 62.6 Å². The quantitative estimate of drug-likeness (QED) is 0.252. The molecule has 0 radical (unpaired) electrons. The molecule has 1 unspecified atom stereocenters. The SMILES string of the molecule is CC(=O)N1CCC2[C@H]1CN2c1nc(OC[C@@]23CCCN2C[C@H](F)C3)nc2c(F)c(-c3ccc(F)c4sc(N)c(C#N)c34)c(C(F)(F)F)cc12. The zero-order valence-corrected chi connectivity index (χ0v) is 26.9. The van der Waals surface area contributed by atoms with Gasteiger partial charge in [0.1, 0.15) is 41.0 Å². The number of halogens is 6. The Hall–Kier alpha value is -4.36. The summed E-state index contributed by atoms with van der Waals surface area (Å²) in [5, 5.41) is 9.23. The Morgan fingerprint density at radius 1 is 1.20 bits per heavy atom. The average Bonchev–Trinajstić information content (AvgIpc) is 3.76. The topological polar surface area (TPSA) is 112 Å². The first kappa shape index (κ1) is 31.9. The summed E-state index contributed by atoms with van der Waals surface area (Å²) in [4.78, 5) is 26.5. The predicted molar refractivity (Wildman–Crippen MR) is 170 cm³/mol. The second-order valence-electron chi connectivity index (χ2n) is 13.2. The predicted octanol–water partition coefficient (Wildman–Crippen LogP) is 6.03. The average molecular weight is 702 g/mol. The molecule has 9 nitrogen and oxygen atoms in total. The summed E-state index contributed by atoms with van der Waals surface area (Å²) in [6.07, 6.45) is -3.87. The van der Waals surface area contributed by atoms with Crippen LogP contribution in [0.3, 0.4) is 0 Å². The number of carbonyl (C=O) groups excluding carboxylic acids is 1. The molecule has 4 aliphatic heterocycles. The van der Waals surface area contributed by atoms with Crippen molar-refractivity contribution in [3.63, 3.8) is 0 Å². The molecule has 0 spiro atoms. The molecule has 4 fully saturated rings. The molecule has 0 aliphatic carbocycles. The largest absolute Gasteiger partial charge is 0.461 e. The fourth-order valence-electron chi connectivity index (χ4n) is 8.37. The van der Waals surface area contributed by atoms with Gasteiger partial charge in [-0.1, -0.05) is 6.07 Å². The molecule has 0 bridgehead atoms. The van der Waals surface area contributed by atoms with Crippen molar-refractivity contribution in [1.82, 2.24) is 19.8 Å². The Balaban J connectivity index is 1.33. The van der Waals surface area contributed by atoms with Crippen LogP contribution < -0.4 is 15.4 Å². The van der Waals surface area contributed by atoms with Crippen molar-refractivity contribution >= 4 is 49.1 Å². The number of alkyl halides is 4. The van der Waals surface area contributed by atoms with Crippen LogP contribution in [0.25, 0.3) is 32.1 Å². The van der Waals surface area contributed by atoms with E-state index in [2.05, 4.69) is 9.97 Å². The number of hydrogen-bond donors (Lipinski definition) is 1. The number of fused-ring (bicyclic) bond motifs is 4. The Kier molecular flexibility index (Phi) is 7.21. The number of nitrogen functional groups attached to an aromatic ring is 1. The second kappa shape index (κ2) is 11.1. The van der Waals surface area contributed by atoms with E-state index in [0.29, 0.717) is 37.3 Å². The Bertz CT molecular complexity index is 2100. The molecule has 2 aromatic heterocycles. The van der Waals surface area contributed by atoms with Crippen LogP contribution in [-0.2, 0) is 11.0 Å². The number of nitrogens with zero attached hydrogens (tertiary/aromatic N) is 6. The lowest BCUT2D eigenvalue weighted by molar-refractivity contribution is -0.137. The monoisotopic (exact) mass is 701 g/mol. The third-order valence-corrected chi connectivity index (χ3v) is 11.6. The highest BCUT2D eigenvalue weighted by molar-refractivity contribution is 7.23. The molecule has 4 aliphatic rings. The fraction of sp³-hybridized carbons (Fsp3) is 0.455. The molecule has 6 heterocycles. The number of rotatable bonds is 5. The number of likely N-dealkylation sites (tertiary alicyclic amines) is 1. The number of ether oxygens (including phenoxy) is 1. The molecule has 2 N–H and O–H groups in total. The van der Waals surface area contributed by atoms with Crippen LogP contribution in [0.4, 0.5) is 37.2 Å². The van der Waals surface area contributed by atoms with Crippen molar-refractivity contribution in [2.24, 2.45) is 0 Å². The smallest absolute Gasteiger partial charge is 0.417 e. The van der Waals surface area contributed by atoms with Crippen molar-refractivity contribution in [3.05, 3.63) is 41.0 Å². The first-order valence-corrected chi connectivity index (χ1v) is 16.7. The van der Waals surface area contributed by atoms with Gasteiger partial charge in [0.2, 0.25) is 5.91 Å². The maximum absolute atomic E-state index is 17.0. The molecule has 256 valence electrons. The fourth-order valence-corrected chi connectivity index (χ4v) is 9.32. The number of nitriles is 1. The molecule has 8 rings (SSSR count). The molecular weight excluding hydrogens is 672 g/mol. The summed E-state index contributed by atoms with van der Waals surface area (Å²) in [5.41, 5.74) is 1.95. The molecule has 2 aromatic carbocycles. The summed E-state index contributed by atoms with van der Waals surface area (Å²) < 4.78 is 97.1.